The van der Waals surface area contributed by atoms with Gasteiger partial charge < -0.3 is 4.57 Å². The van der Waals surface area contributed by atoms with E-state index in [-0.39, 0.29) is 0 Å². The summed E-state index contributed by atoms with van der Waals surface area (Å²) in [5.74, 6) is 0. The molecule has 0 saturated carbocycles. The van der Waals surface area contributed by atoms with E-state index in [4.69, 9.17) is 11.6 Å². The lowest BCUT2D eigenvalue weighted by Crippen LogP contribution is -2.01. The Bertz CT molecular complexity index is 353. The highest BCUT2D eigenvalue weighted by atomic mass is 35.5. The van der Waals surface area contributed by atoms with Crippen LogP contribution in [0.2, 0.25) is 0 Å². The molecule has 2 aromatic rings. The molecule has 0 N–H and O–H groups in total. The molecular weight excluding hydrogens is 182 g/mol. The fraction of sp³-hybridized carbons (Fsp3) is 0. The van der Waals surface area contributed by atoms with Gasteiger partial charge in [-0.05, 0) is 17.7 Å². The van der Waals surface area contributed by atoms with Crippen LogP contribution in [0.3, 0.4) is 0 Å². The molecule has 1 nitrogen and oxygen atoms in total. The van der Waals surface area contributed by atoms with Gasteiger partial charge in [-0.2, -0.15) is 0 Å². The molecule has 0 amide bonds. The van der Waals surface area contributed by atoms with Gasteiger partial charge in [0.1, 0.15) is 0 Å². The van der Waals surface area contributed by atoms with Crippen LogP contribution in [0.15, 0.2) is 54.9 Å². The lowest BCUT2D eigenvalue weighted by Gasteiger charge is -2.09. The van der Waals surface area contributed by atoms with Gasteiger partial charge in [-0.25, -0.2) is 0 Å². The van der Waals surface area contributed by atoms with Gasteiger partial charge >= 0.3 is 0 Å². The van der Waals surface area contributed by atoms with E-state index in [0.717, 1.165) is 11.1 Å². The minimum Gasteiger partial charge on any atom is -0.328 e. The summed E-state index contributed by atoms with van der Waals surface area (Å²) in [5.41, 5.74) is 1.76. The van der Waals surface area contributed by atoms with Crippen molar-refractivity contribution in [2.24, 2.45) is 0 Å². The number of halogens is 1. The SMILES string of the molecule is Cl[C](c1ccccc1)n1cccc1. The molecular formula is C11H9ClN. The normalized spacial score (nSPS) is 10.6. The van der Waals surface area contributed by atoms with E-state index in [0.29, 0.717) is 0 Å². The smallest absolute Gasteiger partial charge is 0.186 e. The Hall–Kier alpha value is -1.21. The second-order valence-electron chi connectivity index (χ2n) is 2.75. The van der Waals surface area contributed by atoms with Gasteiger partial charge in [0.2, 0.25) is 0 Å². The Morgan fingerprint density at radius 3 is 2.15 bits per heavy atom. The van der Waals surface area contributed by atoms with Crippen molar-refractivity contribution in [3.63, 3.8) is 0 Å². The first-order valence-electron chi connectivity index (χ1n) is 4.09. The van der Waals surface area contributed by atoms with Crippen LogP contribution in [0.5, 0.6) is 0 Å². The van der Waals surface area contributed by atoms with Gasteiger partial charge in [-0.15, -0.1) is 0 Å². The Labute approximate surface area is 82.6 Å². The van der Waals surface area contributed by atoms with Gasteiger partial charge in [0.25, 0.3) is 0 Å². The van der Waals surface area contributed by atoms with Crippen LogP contribution in [-0.2, 0) is 0 Å². The zero-order chi connectivity index (χ0) is 9.10. The third-order valence-electron chi connectivity index (χ3n) is 1.84. The van der Waals surface area contributed by atoms with Crippen molar-refractivity contribution in [2.45, 2.75) is 0 Å². The summed E-state index contributed by atoms with van der Waals surface area (Å²) in [6, 6.07) is 13.8. The molecule has 2 heteroatoms. The number of nitrogens with zero attached hydrogens (tertiary/aromatic N) is 1. The van der Waals surface area contributed by atoms with Crippen molar-refractivity contribution in [2.75, 3.05) is 0 Å². The van der Waals surface area contributed by atoms with Gasteiger partial charge in [0.15, 0.2) is 5.50 Å². The molecule has 0 aliphatic rings. The summed E-state index contributed by atoms with van der Waals surface area (Å²) in [7, 11) is 0. The van der Waals surface area contributed by atoms with Gasteiger partial charge in [-0.1, -0.05) is 41.9 Å². The van der Waals surface area contributed by atoms with E-state index in [1.807, 2.05) is 59.4 Å². The lowest BCUT2D eigenvalue weighted by atomic mass is 10.2. The molecule has 1 aromatic carbocycles. The van der Waals surface area contributed by atoms with E-state index < -0.39 is 0 Å². The Morgan fingerprint density at radius 1 is 0.923 bits per heavy atom. The van der Waals surface area contributed by atoms with Gasteiger partial charge in [0, 0.05) is 12.4 Å². The van der Waals surface area contributed by atoms with Crippen LogP contribution in [-0.4, -0.2) is 4.57 Å². The third kappa shape index (κ3) is 1.76. The highest BCUT2D eigenvalue weighted by molar-refractivity contribution is 6.29. The van der Waals surface area contributed by atoms with Crippen LogP contribution >= 0.6 is 11.6 Å². The molecule has 0 unspecified atom stereocenters. The molecule has 0 saturated heterocycles. The van der Waals surface area contributed by atoms with Crippen LogP contribution in [0.1, 0.15) is 5.56 Å². The number of rotatable bonds is 2. The molecule has 0 aliphatic carbocycles. The fourth-order valence-corrected chi connectivity index (χ4v) is 1.43. The second kappa shape index (κ2) is 3.67. The van der Waals surface area contributed by atoms with Crippen LogP contribution in [0.4, 0.5) is 0 Å². The predicted octanol–water partition coefficient (Wildman–Crippen LogP) is 3.11. The molecule has 13 heavy (non-hydrogen) atoms. The molecule has 1 radical (unpaired) electrons. The van der Waals surface area contributed by atoms with Crippen LogP contribution in [0, 0.1) is 5.50 Å². The van der Waals surface area contributed by atoms with E-state index in [9.17, 15) is 0 Å². The largest absolute Gasteiger partial charge is 0.328 e. The number of benzene rings is 1. The maximum absolute atomic E-state index is 6.15. The molecule has 65 valence electrons. The van der Waals surface area contributed by atoms with Crippen molar-refractivity contribution >= 4 is 11.6 Å². The lowest BCUT2D eigenvalue weighted by molar-refractivity contribution is 0.953. The summed E-state index contributed by atoms with van der Waals surface area (Å²) < 4.78 is 1.89. The average Bonchev–Trinajstić information content (AvgIpc) is 2.71. The third-order valence-corrected chi connectivity index (χ3v) is 2.26. The molecule has 0 aliphatic heterocycles. The summed E-state index contributed by atoms with van der Waals surface area (Å²) in [4.78, 5) is 0. The van der Waals surface area contributed by atoms with Crippen molar-refractivity contribution < 1.29 is 0 Å². The zero-order valence-electron chi connectivity index (χ0n) is 7.02. The van der Waals surface area contributed by atoms with Gasteiger partial charge in [-0.3, -0.25) is 0 Å². The van der Waals surface area contributed by atoms with Crippen molar-refractivity contribution in [1.82, 2.24) is 4.57 Å². The highest BCUT2D eigenvalue weighted by Gasteiger charge is 2.08. The van der Waals surface area contributed by atoms with Crippen LogP contribution < -0.4 is 0 Å². The molecule has 0 bridgehead atoms. The number of aromatic nitrogens is 1. The Morgan fingerprint density at radius 2 is 1.54 bits per heavy atom. The van der Waals surface area contributed by atoms with E-state index in [1.54, 1.807) is 0 Å². The summed E-state index contributed by atoms with van der Waals surface area (Å²) in [5, 5.41) is 0. The van der Waals surface area contributed by atoms with Crippen molar-refractivity contribution in [3.05, 3.63) is 65.9 Å². The monoisotopic (exact) mass is 190 g/mol. The molecule has 0 fully saturated rings. The van der Waals surface area contributed by atoms with Crippen molar-refractivity contribution in [3.8, 4) is 0 Å². The topological polar surface area (TPSA) is 4.93 Å². The Balaban J connectivity index is 2.29. The molecule has 0 atom stereocenters. The first-order chi connectivity index (χ1) is 6.38. The van der Waals surface area contributed by atoms with Crippen LogP contribution in [0.25, 0.3) is 0 Å². The molecule has 1 heterocycles. The first kappa shape index (κ1) is 8.39. The summed E-state index contributed by atoms with van der Waals surface area (Å²) in [6.07, 6.45) is 3.85. The van der Waals surface area contributed by atoms with E-state index in [1.165, 1.54) is 0 Å². The fourth-order valence-electron chi connectivity index (χ4n) is 1.19. The quantitative estimate of drug-likeness (QED) is 0.686. The zero-order valence-corrected chi connectivity index (χ0v) is 7.78. The molecule has 2 rings (SSSR count). The first-order valence-corrected chi connectivity index (χ1v) is 4.47. The van der Waals surface area contributed by atoms with Gasteiger partial charge in [0.05, 0.1) is 0 Å². The second-order valence-corrected chi connectivity index (χ2v) is 3.11. The summed E-state index contributed by atoms with van der Waals surface area (Å²) >= 11 is 6.15. The average molecular weight is 191 g/mol. The number of hydrogen-bond acceptors (Lipinski definition) is 0. The minimum absolute atomic E-state index is 0.727. The minimum atomic E-state index is 0.727. The van der Waals surface area contributed by atoms with E-state index >= 15 is 0 Å². The standard InChI is InChI=1S/C11H9ClN/c12-11(13-8-4-5-9-13)10-6-2-1-3-7-10/h1-9H. The summed E-state index contributed by atoms with van der Waals surface area (Å²) in [6.45, 7) is 0. The maximum Gasteiger partial charge on any atom is 0.186 e. The Kier molecular flexibility index (Phi) is 2.37. The maximum atomic E-state index is 6.15. The molecule has 0 spiro atoms. The van der Waals surface area contributed by atoms with Crippen molar-refractivity contribution in [1.29, 1.82) is 0 Å². The number of hydrogen-bond donors (Lipinski definition) is 0. The predicted molar refractivity (Wildman–Crippen MR) is 54.5 cm³/mol. The highest BCUT2D eigenvalue weighted by Crippen LogP contribution is 2.20. The molecule has 1 aromatic heterocycles. The van der Waals surface area contributed by atoms with E-state index in [2.05, 4.69) is 0 Å².